The fourth-order valence-electron chi connectivity index (χ4n) is 2.64. The molecule has 2 amide bonds. The van der Waals surface area contributed by atoms with E-state index in [-0.39, 0.29) is 5.69 Å². The normalized spacial score (nSPS) is 12.1. The zero-order chi connectivity index (χ0) is 21.7. The molecule has 29 heavy (non-hydrogen) atoms. The van der Waals surface area contributed by atoms with Crippen LogP contribution in [0, 0.1) is 0 Å². The molecule has 0 aromatic heterocycles. The van der Waals surface area contributed by atoms with Crippen molar-refractivity contribution in [1.82, 2.24) is 5.32 Å². The zero-order valence-electron chi connectivity index (χ0n) is 16.1. The van der Waals surface area contributed by atoms with Crippen LogP contribution in [0.1, 0.15) is 30.5 Å². The molecule has 9 heteroatoms. The van der Waals surface area contributed by atoms with Crippen LogP contribution in [-0.2, 0) is 23.0 Å². The van der Waals surface area contributed by atoms with E-state index in [0.29, 0.717) is 6.42 Å². The van der Waals surface area contributed by atoms with Gasteiger partial charge in [-0.25, -0.2) is 4.79 Å². The highest BCUT2D eigenvalue weighted by Gasteiger charge is 2.33. The first-order chi connectivity index (χ1) is 13.5. The first-order valence-corrected chi connectivity index (χ1v) is 9.01. The van der Waals surface area contributed by atoms with Crippen LogP contribution in [0.15, 0.2) is 47.6 Å². The number of hydrogen-bond acceptors (Lipinski definition) is 3. The van der Waals surface area contributed by atoms with Crippen LogP contribution in [0.25, 0.3) is 0 Å². The minimum Gasteiger partial charge on any atom is -0.399 e. The van der Waals surface area contributed by atoms with Crippen molar-refractivity contribution >= 4 is 29.5 Å². The molecule has 0 aliphatic heterocycles. The topological polar surface area (TPSA) is 62.7 Å². The number of benzene rings is 2. The molecule has 156 valence electrons. The minimum absolute atomic E-state index is 0.0143. The maximum Gasteiger partial charge on any atom is 0.417 e. The predicted molar refractivity (Wildman–Crippen MR) is 107 cm³/mol. The lowest BCUT2D eigenvalue weighted by molar-refractivity contribution is -0.137. The molecule has 0 saturated heterocycles. The number of urea groups is 1. The number of rotatable bonds is 6. The summed E-state index contributed by atoms with van der Waals surface area (Å²) >= 11 is 5.60. The van der Waals surface area contributed by atoms with Gasteiger partial charge in [-0.05, 0) is 43.2 Å². The van der Waals surface area contributed by atoms with Crippen molar-refractivity contribution < 1.29 is 22.8 Å². The van der Waals surface area contributed by atoms with Gasteiger partial charge < -0.3 is 15.5 Å². The highest BCUT2D eigenvalue weighted by Crippen LogP contribution is 2.36. The molecule has 0 fully saturated rings. The lowest BCUT2D eigenvalue weighted by Gasteiger charge is -2.27. The molecular formula is C20H21ClF3N3O2. The Bertz CT molecular complexity index is 899. The lowest BCUT2D eigenvalue weighted by atomic mass is 9.92. The molecule has 5 nitrogen and oxygen atoms in total. The van der Waals surface area contributed by atoms with Crippen LogP contribution >= 0.6 is 11.6 Å². The van der Waals surface area contributed by atoms with Gasteiger partial charge in [0.15, 0.2) is 0 Å². The highest BCUT2D eigenvalue weighted by molar-refractivity contribution is 6.31. The van der Waals surface area contributed by atoms with Crippen molar-refractivity contribution in [3.8, 4) is 0 Å². The third kappa shape index (κ3) is 6.39. The molecule has 0 bridgehead atoms. The van der Waals surface area contributed by atoms with Gasteiger partial charge in [-0.3, -0.25) is 0 Å². The number of oxime groups is 1. The number of halogens is 4. The summed E-state index contributed by atoms with van der Waals surface area (Å²) in [7, 11) is 1.46. The molecule has 0 aliphatic carbocycles. The Morgan fingerprint density at radius 2 is 1.93 bits per heavy atom. The van der Waals surface area contributed by atoms with Crippen molar-refractivity contribution in [3.05, 3.63) is 64.2 Å². The number of carbonyl (C=O) groups excluding carboxylic acids is 1. The van der Waals surface area contributed by atoms with E-state index in [9.17, 15) is 18.0 Å². The Morgan fingerprint density at radius 1 is 1.21 bits per heavy atom. The Labute approximate surface area is 171 Å². The van der Waals surface area contributed by atoms with E-state index in [0.717, 1.165) is 23.3 Å². The van der Waals surface area contributed by atoms with E-state index in [1.54, 1.807) is 20.1 Å². The van der Waals surface area contributed by atoms with Gasteiger partial charge in [0.25, 0.3) is 0 Å². The summed E-state index contributed by atoms with van der Waals surface area (Å²) in [6.07, 6.45) is -2.45. The summed E-state index contributed by atoms with van der Waals surface area (Å²) < 4.78 is 38.9. The van der Waals surface area contributed by atoms with Crippen LogP contribution in [0.2, 0.25) is 5.02 Å². The van der Waals surface area contributed by atoms with Gasteiger partial charge in [0.05, 0.1) is 16.1 Å². The Hall–Kier alpha value is -2.74. The molecule has 0 atom stereocenters. The predicted octanol–water partition coefficient (Wildman–Crippen LogP) is 5.59. The fourth-order valence-corrected chi connectivity index (χ4v) is 2.87. The molecule has 0 heterocycles. The molecule has 2 aromatic rings. The van der Waals surface area contributed by atoms with Gasteiger partial charge in [0.2, 0.25) is 0 Å². The number of nitrogens with one attached hydrogen (secondary N) is 2. The van der Waals surface area contributed by atoms with Crippen LogP contribution in [0.3, 0.4) is 0 Å². The maximum absolute atomic E-state index is 13.0. The smallest absolute Gasteiger partial charge is 0.399 e. The van der Waals surface area contributed by atoms with E-state index in [1.165, 1.54) is 13.2 Å². The van der Waals surface area contributed by atoms with Crippen molar-refractivity contribution in [3.63, 3.8) is 0 Å². The molecule has 0 spiro atoms. The number of anilines is 1. The van der Waals surface area contributed by atoms with Crippen molar-refractivity contribution in [2.24, 2.45) is 5.16 Å². The molecule has 2 rings (SSSR count). The van der Waals surface area contributed by atoms with E-state index in [2.05, 4.69) is 20.6 Å². The molecule has 0 unspecified atom stereocenters. The average molecular weight is 428 g/mol. The van der Waals surface area contributed by atoms with Crippen molar-refractivity contribution in [2.45, 2.75) is 32.0 Å². The van der Waals surface area contributed by atoms with Crippen LogP contribution < -0.4 is 10.6 Å². The average Bonchev–Trinajstić information content (AvgIpc) is 2.62. The molecule has 0 saturated carbocycles. The molecule has 2 N–H and O–H groups in total. The first kappa shape index (κ1) is 22.5. The molecule has 2 aromatic carbocycles. The Morgan fingerprint density at radius 3 is 2.59 bits per heavy atom. The monoisotopic (exact) mass is 427 g/mol. The second-order valence-corrected chi connectivity index (χ2v) is 7.18. The lowest BCUT2D eigenvalue weighted by Crippen LogP contribution is -2.43. The van der Waals surface area contributed by atoms with Crippen molar-refractivity contribution in [2.75, 3.05) is 12.4 Å². The summed E-state index contributed by atoms with van der Waals surface area (Å²) in [5.41, 5.74) is -0.0204. The molecule has 0 aliphatic rings. The van der Waals surface area contributed by atoms with Crippen LogP contribution in [0.4, 0.5) is 23.7 Å². The van der Waals surface area contributed by atoms with Gasteiger partial charge in [-0.2, -0.15) is 13.2 Å². The van der Waals surface area contributed by atoms with E-state index < -0.39 is 28.3 Å². The summed E-state index contributed by atoms with van der Waals surface area (Å²) in [4.78, 5) is 17.0. The Balaban J connectivity index is 2.12. The highest BCUT2D eigenvalue weighted by atomic mass is 35.5. The summed E-state index contributed by atoms with van der Waals surface area (Å²) in [6, 6.07) is 10.1. The number of amides is 2. The molecular weight excluding hydrogens is 407 g/mol. The summed E-state index contributed by atoms with van der Waals surface area (Å²) in [6.45, 7) is 3.58. The number of carbonyl (C=O) groups is 1. The fraction of sp³-hybridized carbons (Fsp3) is 0.300. The third-order valence-corrected chi connectivity index (χ3v) is 4.44. The van der Waals surface area contributed by atoms with E-state index in [4.69, 9.17) is 11.6 Å². The Kier molecular flexibility index (Phi) is 7.13. The molecule has 0 radical (unpaired) electrons. The quantitative estimate of drug-likeness (QED) is 0.466. The second-order valence-electron chi connectivity index (χ2n) is 6.77. The SMILES string of the molecule is CO/N=C/Cc1cccc(C(C)(C)NC(=O)Nc2ccc(Cl)c(C(F)(F)F)c2)c1. The third-order valence-electron chi connectivity index (χ3n) is 4.11. The first-order valence-electron chi connectivity index (χ1n) is 8.63. The number of nitrogens with zero attached hydrogens (tertiary/aromatic N) is 1. The van der Waals surface area contributed by atoms with Gasteiger partial charge >= 0.3 is 12.2 Å². The maximum atomic E-state index is 13.0. The zero-order valence-corrected chi connectivity index (χ0v) is 16.9. The van der Waals surface area contributed by atoms with Gasteiger partial charge in [0, 0.05) is 18.3 Å². The van der Waals surface area contributed by atoms with Gasteiger partial charge in [-0.1, -0.05) is 41.0 Å². The van der Waals surface area contributed by atoms with Gasteiger partial charge in [0.1, 0.15) is 7.11 Å². The summed E-state index contributed by atoms with van der Waals surface area (Å²) in [5.74, 6) is 0. The van der Waals surface area contributed by atoms with E-state index in [1.807, 2.05) is 24.3 Å². The van der Waals surface area contributed by atoms with Crippen molar-refractivity contribution in [1.29, 1.82) is 0 Å². The number of hydrogen-bond donors (Lipinski definition) is 2. The summed E-state index contributed by atoms with van der Waals surface area (Å²) in [5, 5.41) is 8.44. The van der Waals surface area contributed by atoms with Crippen LogP contribution in [0.5, 0.6) is 0 Å². The standard InChI is InChI=1S/C20H21ClF3N3O2/c1-19(2,14-6-4-5-13(11-14)9-10-25-29-3)27-18(28)26-15-7-8-17(21)16(12-15)20(22,23)24/h4-8,10-12H,9H2,1-3H3,(H2,26,27,28)/b25-10+. The largest absolute Gasteiger partial charge is 0.417 e. The van der Waals surface area contributed by atoms with Gasteiger partial charge in [-0.15, -0.1) is 0 Å². The minimum atomic E-state index is -4.61. The second kappa shape index (κ2) is 9.17. The van der Waals surface area contributed by atoms with E-state index >= 15 is 0 Å². The van der Waals surface area contributed by atoms with Crippen LogP contribution in [-0.4, -0.2) is 19.4 Å². The number of alkyl halides is 3.